The van der Waals surface area contributed by atoms with E-state index in [1.54, 1.807) is 25.1 Å². The molecule has 0 spiro atoms. The van der Waals surface area contributed by atoms with Gasteiger partial charge in [-0.25, -0.2) is 4.39 Å². The van der Waals surface area contributed by atoms with Gasteiger partial charge < -0.3 is 19.7 Å². The lowest BCUT2D eigenvalue weighted by Crippen LogP contribution is -2.47. The summed E-state index contributed by atoms with van der Waals surface area (Å²) in [6.45, 7) is 4.16. The van der Waals surface area contributed by atoms with Gasteiger partial charge in [0.25, 0.3) is 0 Å². The van der Waals surface area contributed by atoms with Gasteiger partial charge in [-0.05, 0) is 44.0 Å². The molecule has 0 bridgehead atoms. The van der Waals surface area contributed by atoms with Crippen molar-refractivity contribution in [2.75, 3.05) is 13.3 Å². The molecule has 3 rings (SSSR count). The number of amides is 2. The van der Waals surface area contributed by atoms with E-state index in [9.17, 15) is 14.0 Å². The number of benzene rings is 2. The molecule has 0 fully saturated rings. The first-order valence-electron chi connectivity index (χ1n) is 9.68. The maximum atomic E-state index is 14.1. The van der Waals surface area contributed by atoms with Crippen LogP contribution in [0.15, 0.2) is 42.5 Å². The molecule has 2 aromatic rings. The first-order valence-corrected chi connectivity index (χ1v) is 9.68. The SMILES string of the molecule is CCNC(=O)C(C)N(Cc1ccccc1F)C(=O)CCc1ccc2c(c1)OCO2. The zero-order valence-corrected chi connectivity index (χ0v) is 16.6. The highest BCUT2D eigenvalue weighted by Crippen LogP contribution is 2.32. The molecular weight excluding hydrogens is 375 g/mol. The normalized spacial score (nSPS) is 13.1. The third-order valence-electron chi connectivity index (χ3n) is 4.88. The topological polar surface area (TPSA) is 67.9 Å². The standard InChI is InChI=1S/C22H25FN2O4/c1-3-24-22(27)15(2)25(13-17-6-4-5-7-18(17)23)21(26)11-9-16-8-10-19-20(12-16)29-14-28-19/h4-8,10,12,15H,3,9,11,13-14H2,1-2H3,(H,24,27). The van der Waals surface area contributed by atoms with Crippen LogP contribution >= 0.6 is 0 Å². The number of rotatable bonds is 8. The van der Waals surface area contributed by atoms with Crippen LogP contribution in [-0.2, 0) is 22.6 Å². The van der Waals surface area contributed by atoms with E-state index in [4.69, 9.17) is 9.47 Å². The predicted molar refractivity (Wildman–Crippen MR) is 106 cm³/mol. The van der Waals surface area contributed by atoms with Crippen LogP contribution < -0.4 is 14.8 Å². The van der Waals surface area contributed by atoms with Crippen molar-refractivity contribution < 1.29 is 23.5 Å². The Hall–Kier alpha value is -3.09. The second kappa shape index (κ2) is 9.41. The largest absolute Gasteiger partial charge is 0.454 e. The first kappa shape index (κ1) is 20.6. The van der Waals surface area contributed by atoms with E-state index in [0.29, 0.717) is 30.0 Å². The number of likely N-dealkylation sites (N-methyl/N-ethyl adjacent to an activating group) is 1. The van der Waals surface area contributed by atoms with Gasteiger partial charge in [0.2, 0.25) is 18.6 Å². The summed E-state index contributed by atoms with van der Waals surface area (Å²) in [6.07, 6.45) is 0.670. The number of hydrogen-bond donors (Lipinski definition) is 1. The van der Waals surface area contributed by atoms with E-state index in [2.05, 4.69) is 5.32 Å². The number of fused-ring (bicyclic) bond motifs is 1. The molecule has 1 aliphatic rings. The van der Waals surface area contributed by atoms with Gasteiger partial charge in [0.15, 0.2) is 11.5 Å². The van der Waals surface area contributed by atoms with Crippen LogP contribution in [0, 0.1) is 5.82 Å². The summed E-state index contributed by atoms with van der Waals surface area (Å²) in [5.74, 6) is 0.467. The first-order chi connectivity index (χ1) is 14.0. The highest BCUT2D eigenvalue weighted by Gasteiger charge is 2.26. The molecule has 1 atom stereocenters. The van der Waals surface area contributed by atoms with Gasteiger partial charge in [0.05, 0.1) is 0 Å². The lowest BCUT2D eigenvalue weighted by Gasteiger charge is -2.29. The Morgan fingerprint density at radius 1 is 1.17 bits per heavy atom. The second-order valence-electron chi connectivity index (χ2n) is 6.87. The van der Waals surface area contributed by atoms with Gasteiger partial charge in [0, 0.05) is 25.1 Å². The van der Waals surface area contributed by atoms with Crippen molar-refractivity contribution >= 4 is 11.8 Å². The van der Waals surface area contributed by atoms with Gasteiger partial charge in [-0.15, -0.1) is 0 Å². The number of aryl methyl sites for hydroxylation is 1. The molecule has 0 aromatic heterocycles. The van der Waals surface area contributed by atoms with Crippen molar-refractivity contribution in [2.24, 2.45) is 0 Å². The number of hydrogen-bond acceptors (Lipinski definition) is 4. The molecule has 154 valence electrons. The summed E-state index contributed by atoms with van der Waals surface area (Å²) in [7, 11) is 0. The fraction of sp³-hybridized carbons (Fsp3) is 0.364. The van der Waals surface area contributed by atoms with Crippen molar-refractivity contribution in [2.45, 2.75) is 39.3 Å². The Balaban J connectivity index is 1.72. The third kappa shape index (κ3) is 5.04. The van der Waals surface area contributed by atoms with Crippen molar-refractivity contribution in [3.05, 3.63) is 59.4 Å². The van der Waals surface area contributed by atoms with E-state index < -0.39 is 11.9 Å². The van der Waals surface area contributed by atoms with Crippen LogP contribution in [0.5, 0.6) is 11.5 Å². The molecule has 0 saturated carbocycles. The molecule has 7 heteroatoms. The summed E-state index contributed by atoms with van der Waals surface area (Å²) in [5, 5.41) is 2.73. The van der Waals surface area contributed by atoms with E-state index in [0.717, 1.165) is 5.56 Å². The summed E-state index contributed by atoms with van der Waals surface area (Å²) in [4.78, 5) is 26.7. The quantitative estimate of drug-likeness (QED) is 0.740. The van der Waals surface area contributed by atoms with E-state index in [1.165, 1.54) is 11.0 Å². The predicted octanol–water partition coefficient (Wildman–Crippen LogP) is 3.04. The summed E-state index contributed by atoms with van der Waals surface area (Å²) >= 11 is 0. The average Bonchev–Trinajstić information content (AvgIpc) is 3.19. The highest BCUT2D eigenvalue weighted by molar-refractivity contribution is 5.87. The molecule has 1 unspecified atom stereocenters. The smallest absolute Gasteiger partial charge is 0.242 e. The van der Waals surface area contributed by atoms with E-state index in [1.807, 2.05) is 25.1 Å². The van der Waals surface area contributed by atoms with Crippen molar-refractivity contribution in [3.8, 4) is 11.5 Å². The summed E-state index contributed by atoms with van der Waals surface area (Å²) in [5.41, 5.74) is 1.30. The van der Waals surface area contributed by atoms with Gasteiger partial charge in [-0.1, -0.05) is 24.3 Å². The molecule has 1 aliphatic heterocycles. The Morgan fingerprint density at radius 2 is 1.93 bits per heavy atom. The zero-order chi connectivity index (χ0) is 20.8. The number of nitrogens with one attached hydrogen (secondary N) is 1. The minimum atomic E-state index is -0.709. The van der Waals surface area contributed by atoms with E-state index in [-0.39, 0.29) is 31.6 Å². The van der Waals surface area contributed by atoms with Gasteiger partial charge in [0.1, 0.15) is 11.9 Å². The van der Waals surface area contributed by atoms with Crippen molar-refractivity contribution in [3.63, 3.8) is 0 Å². The number of nitrogens with zero attached hydrogens (tertiary/aromatic N) is 1. The van der Waals surface area contributed by atoms with Crippen LogP contribution in [-0.4, -0.2) is 36.1 Å². The number of carbonyl (C=O) groups excluding carboxylic acids is 2. The number of carbonyl (C=O) groups is 2. The minimum Gasteiger partial charge on any atom is -0.454 e. The number of halogens is 1. The van der Waals surface area contributed by atoms with Gasteiger partial charge in [-0.3, -0.25) is 9.59 Å². The molecule has 0 radical (unpaired) electrons. The van der Waals surface area contributed by atoms with Gasteiger partial charge >= 0.3 is 0 Å². The molecule has 0 saturated heterocycles. The molecule has 0 aliphatic carbocycles. The molecule has 6 nitrogen and oxygen atoms in total. The maximum absolute atomic E-state index is 14.1. The zero-order valence-electron chi connectivity index (χ0n) is 16.6. The molecular formula is C22H25FN2O4. The fourth-order valence-corrected chi connectivity index (χ4v) is 3.21. The Bertz CT molecular complexity index is 887. The van der Waals surface area contributed by atoms with Crippen LogP contribution in [0.1, 0.15) is 31.4 Å². The van der Waals surface area contributed by atoms with Gasteiger partial charge in [-0.2, -0.15) is 0 Å². The minimum absolute atomic E-state index is 0.0327. The maximum Gasteiger partial charge on any atom is 0.242 e. The molecule has 29 heavy (non-hydrogen) atoms. The van der Waals surface area contributed by atoms with Crippen LogP contribution in [0.2, 0.25) is 0 Å². The molecule has 2 amide bonds. The highest BCUT2D eigenvalue weighted by atomic mass is 19.1. The third-order valence-corrected chi connectivity index (χ3v) is 4.88. The average molecular weight is 400 g/mol. The monoisotopic (exact) mass is 400 g/mol. The lowest BCUT2D eigenvalue weighted by atomic mass is 10.1. The number of ether oxygens (including phenoxy) is 2. The molecule has 2 aromatic carbocycles. The Kier molecular flexibility index (Phi) is 6.69. The Morgan fingerprint density at radius 3 is 2.69 bits per heavy atom. The van der Waals surface area contributed by atoms with E-state index >= 15 is 0 Å². The van der Waals surface area contributed by atoms with Crippen LogP contribution in [0.4, 0.5) is 4.39 Å². The molecule has 1 N–H and O–H groups in total. The second-order valence-corrected chi connectivity index (χ2v) is 6.87. The summed E-state index contributed by atoms with van der Waals surface area (Å²) < 4.78 is 24.8. The fourth-order valence-electron chi connectivity index (χ4n) is 3.21. The van der Waals surface area contributed by atoms with Crippen LogP contribution in [0.3, 0.4) is 0 Å². The van der Waals surface area contributed by atoms with Crippen LogP contribution in [0.25, 0.3) is 0 Å². The van der Waals surface area contributed by atoms with Crippen molar-refractivity contribution in [1.82, 2.24) is 10.2 Å². The summed E-state index contributed by atoms with van der Waals surface area (Å²) in [6, 6.07) is 11.1. The molecule has 1 heterocycles. The van der Waals surface area contributed by atoms with Crippen molar-refractivity contribution in [1.29, 1.82) is 0 Å². The Labute approximate surface area is 169 Å². The lowest BCUT2D eigenvalue weighted by molar-refractivity contribution is -0.140.